The summed E-state index contributed by atoms with van der Waals surface area (Å²) in [5.41, 5.74) is 10.1. The van der Waals surface area contributed by atoms with Gasteiger partial charge in [0.05, 0.1) is 17.6 Å². The van der Waals surface area contributed by atoms with Gasteiger partial charge in [-0.2, -0.15) is 0 Å². The molecule has 0 saturated carbocycles. The average molecular weight is 513 g/mol. The van der Waals surface area contributed by atoms with E-state index in [0.717, 1.165) is 41.5 Å². The van der Waals surface area contributed by atoms with Crippen molar-refractivity contribution in [2.75, 3.05) is 5.73 Å². The third-order valence-corrected chi connectivity index (χ3v) is 7.26. The topological polar surface area (TPSA) is 144 Å². The molecule has 4 aromatic rings. The predicted octanol–water partition coefficient (Wildman–Crippen LogP) is 5.42. The fourth-order valence-corrected chi connectivity index (χ4v) is 4.75. The van der Waals surface area contributed by atoms with Crippen LogP contribution in [-0.4, -0.2) is 29.4 Å². The van der Waals surface area contributed by atoms with Gasteiger partial charge in [-0.25, -0.2) is 14.5 Å². The van der Waals surface area contributed by atoms with Gasteiger partial charge in [0.15, 0.2) is 17.3 Å². The Labute approximate surface area is 210 Å². The number of unbranched alkanes of at least 4 members (excludes halogenated alkanes) is 1. The molecule has 0 radical (unpaired) electrons. The van der Waals surface area contributed by atoms with Crippen LogP contribution in [0.3, 0.4) is 0 Å². The molecule has 0 aliphatic rings. The number of nitrogen functional groups attached to an aromatic ring is 1. The molecule has 4 rings (SSSR count). The van der Waals surface area contributed by atoms with Gasteiger partial charge in [-0.1, -0.05) is 52.3 Å². The quantitative estimate of drug-likeness (QED) is 0.218. The van der Waals surface area contributed by atoms with Crippen molar-refractivity contribution in [1.82, 2.24) is 14.5 Å². The van der Waals surface area contributed by atoms with E-state index in [1.807, 2.05) is 10.6 Å². The summed E-state index contributed by atoms with van der Waals surface area (Å²) in [5.74, 6) is 0.523. The van der Waals surface area contributed by atoms with Crippen molar-refractivity contribution in [1.29, 1.82) is 0 Å². The highest BCUT2D eigenvalue weighted by Gasteiger charge is 2.24. The number of aryl methyl sites for hydroxylation is 1. The number of anilines is 1. The van der Waals surface area contributed by atoms with Crippen molar-refractivity contribution in [2.24, 2.45) is 0 Å². The maximum atomic E-state index is 11.4. The molecular formula is C26H33N4O5P. The molecule has 0 saturated heterocycles. The van der Waals surface area contributed by atoms with Crippen molar-refractivity contribution in [2.45, 2.75) is 65.3 Å². The van der Waals surface area contributed by atoms with Crippen LogP contribution in [-0.2, 0) is 22.9 Å². The summed E-state index contributed by atoms with van der Waals surface area (Å²) >= 11 is 0. The van der Waals surface area contributed by atoms with Gasteiger partial charge < -0.3 is 19.9 Å². The molecule has 2 aromatic heterocycles. The molecule has 5 N–H and O–H groups in total. The second-order valence-electron chi connectivity index (χ2n) is 9.73. The highest BCUT2D eigenvalue weighted by Crippen LogP contribution is 2.43. The lowest BCUT2D eigenvalue weighted by atomic mass is 9.82. The Bertz CT molecular complexity index is 1470. The van der Waals surface area contributed by atoms with E-state index >= 15 is 0 Å². The first-order chi connectivity index (χ1) is 16.9. The minimum atomic E-state index is -4.84. The lowest BCUT2D eigenvalue weighted by Gasteiger charge is -2.24. The van der Waals surface area contributed by atoms with Gasteiger partial charge in [-0.05, 0) is 42.0 Å². The van der Waals surface area contributed by atoms with Crippen LogP contribution >= 0.6 is 7.82 Å². The van der Waals surface area contributed by atoms with Crippen molar-refractivity contribution in [3.8, 4) is 11.5 Å². The standard InChI is InChI=1S/C26H33N4O5P/c1-5-7-11-21-29-22-23(18-14-17(26(3,4)6-2)12-13-19(18)28-25(22)27)30(21)15-16-9-8-10-20(24(16)31)35-36(32,33)34/h8-10,12-14,31H,5-7,11,15H2,1-4H3,(H2,27,28)(H2,32,33,34). The normalized spacial score (nSPS) is 12.5. The van der Waals surface area contributed by atoms with Gasteiger partial charge in [0.25, 0.3) is 0 Å². The minimum absolute atomic E-state index is 0.0374. The average Bonchev–Trinajstić information content (AvgIpc) is 3.18. The molecule has 2 heterocycles. The molecule has 9 nitrogen and oxygen atoms in total. The molecule has 0 atom stereocenters. The minimum Gasteiger partial charge on any atom is -0.504 e. The number of phenolic OH excluding ortho intramolecular Hbond substituents is 1. The van der Waals surface area contributed by atoms with E-state index in [-0.39, 0.29) is 23.5 Å². The van der Waals surface area contributed by atoms with Gasteiger partial charge in [0.1, 0.15) is 11.3 Å². The number of rotatable bonds is 9. The summed E-state index contributed by atoms with van der Waals surface area (Å²) in [4.78, 5) is 27.9. The lowest BCUT2D eigenvalue weighted by molar-refractivity contribution is 0.277. The van der Waals surface area contributed by atoms with E-state index in [0.29, 0.717) is 23.3 Å². The number of pyridine rings is 1. The second kappa shape index (κ2) is 9.73. The molecule has 0 amide bonds. The zero-order valence-corrected chi connectivity index (χ0v) is 21.9. The van der Waals surface area contributed by atoms with Crippen LogP contribution in [0, 0.1) is 0 Å². The Kier molecular flexibility index (Phi) is 7.01. The number of fused-ring (bicyclic) bond motifs is 3. The molecule has 10 heteroatoms. The number of hydrogen-bond donors (Lipinski definition) is 4. The maximum Gasteiger partial charge on any atom is 0.524 e. The van der Waals surface area contributed by atoms with E-state index in [9.17, 15) is 19.5 Å². The molecule has 0 unspecified atom stereocenters. The third kappa shape index (κ3) is 5.05. The molecule has 0 bridgehead atoms. The first-order valence-electron chi connectivity index (χ1n) is 12.1. The third-order valence-electron chi connectivity index (χ3n) is 6.83. The molecule has 0 fully saturated rings. The smallest absolute Gasteiger partial charge is 0.504 e. The zero-order chi connectivity index (χ0) is 26.3. The van der Waals surface area contributed by atoms with E-state index in [1.165, 1.54) is 11.6 Å². The van der Waals surface area contributed by atoms with E-state index in [2.05, 4.69) is 44.8 Å². The number of benzene rings is 2. The number of aromatic nitrogens is 3. The Balaban J connectivity index is 1.97. The molecule has 192 valence electrons. The monoisotopic (exact) mass is 512 g/mol. The number of para-hydroxylation sites is 1. The molecular weight excluding hydrogens is 479 g/mol. The number of hydrogen-bond acceptors (Lipinski definition) is 6. The van der Waals surface area contributed by atoms with E-state index in [1.54, 1.807) is 12.1 Å². The summed E-state index contributed by atoms with van der Waals surface area (Å²) in [6, 6.07) is 10.8. The van der Waals surface area contributed by atoms with Crippen molar-refractivity contribution < 1.29 is 24.0 Å². The summed E-state index contributed by atoms with van der Waals surface area (Å²) in [6.45, 7) is 8.87. The number of nitrogens with zero attached hydrogens (tertiary/aromatic N) is 3. The van der Waals surface area contributed by atoms with Crippen LogP contribution in [0.15, 0.2) is 36.4 Å². The van der Waals surface area contributed by atoms with Gasteiger partial charge >= 0.3 is 7.82 Å². The highest BCUT2D eigenvalue weighted by atomic mass is 31.2. The summed E-state index contributed by atoms with van der Waals surface area (Å²) < 4.78 is 18.1. The van der Waals surface area contributed by atoms with Crippen LogP contribution in [0.5, 0.6) is 11.5 Å². The van der Waals surface area contributed by atoms with Gasteiger partial charge in [-0.15, -0.1) is 0 Å². The van der Waals surface area contributed by atoms with E-state index < -0.39 is 7.82 Å². The lowest BCUT2D eigenvalue weighted by Crippen LogP contribution is -2.15. The number of nitrogens with two attached hydrogens (primary N) is 1. The van der Waals surface area contributed by atoms with Crippen LogP contribution in [0.25, 0.3) is 21.9 Å². The predicted molar refractivity (Wildman–Crippen MR) is 141 cm³/mol. The maximum absolute atomic E-state index is 11.4. The SMILES string of the molecule is CCCCc1nc2c(N)nc3ccc(C(C)(C)CC)cc3c2n1Cc1cccc(OP(=O)(O)O)c1O. The molecule has 0 spiro atoms. The molecule has 2 aromatic carbocycles. The first kappa shape index (κ1) is 25.9. The highest BCUT2D eigenvalue weighted by molar-refractivity contribution is 7.46. The fourth-order valence-electron chi connectivity index (χ4n) is 4.35. The van der Waals surface area contributed by atoms with Crippen LogP contribution in [0.2, 0.25) is 0 Å². The number of phenols is 1. The van der Waals surface area contributed by atoms with Crippen molar-refractivity contribution in [3.05, 3.63) is 53.3 Å². The zero-order valence-electron chi connectivity index (χ0n) is 21.0. The molecule has 0 aliphatic heterocycles. The van der Waals surface area contributed by atoms with Gasteiger partial charge in [0.2, 0.25) is 0 Å². The number of phosphoric acid groups is 1. The van der Waals surface area contributed by atoms with Crippen LogP contribution < -0.4 is 10.3 Å². The van der Waals surface area contributed by atoms with Gasteiger partial charge in [0, 0.05) is 17.4 Å². The number of phosphoric ester groups is 1. The Hall–Kier alpha value is -3.13. The molecule has 36 heavy (non-hydrogen) atoms. The summed E-state index contributed by atoms with van der Waals surface area (Å²) in [7, 11) is -4.84. The van der Waals surface area contributed by atoms with Crippen molar-refractivity contribution in [3.63, 3.8) is 0 Å². The number of aromatic hydroxyl groups is 1. The number of imidazole rings is 1. The van der Waals surface area contributed by atoms with Crippen LogP contribution in [0.4, 0.5) is 5.82 Å². The fraction of sp³-hybridized carbons (Fsp3) is 0.385. The first-order valence-corrected chi connectivity index (χ1v) is 13.6. The van der Waals surface area contributed by atoms with E-state index in [4.69, 9.17) is 15.2 Å². The molecule has 0 aliphatic carbocycles. The second-order valence-corrected chi connectivity index (χ2v) is 10.9. The Morgan fingerprint density at radius 2 is 1.89 bits per heavy atom. The largest absolute Gasteiger partial charge is 0.524 e. The van der Waals surface area contributed by atoms with Crippen LogP contribution in [0.1, 0.15) is 63.9 Å². The summed E-state index contributed by atoms with van der Waals surface area (Å²) in [6.07, 6.45) is 3.55. The van der Waals surface area contributed by atoms with Gasteiger partial charge in [-0.3, -0.25) is 9.79 Å². The summed E-state index contributed by atoms with van der Waals surface area (Å²) in [5, 5.41) is 11.7. The Morgan fingerprint density at radius 3 is 2.56 bits per heavy atom. The van der Waals surface area contributed by atoms with Crippen molar-refractivity contribution >= 4 is 35.6 Å². The Morgan fingerprint density at radius 1 is 1.14 bits per heavy atom.